The summed E-state index contributed by atoms with van der Waals surface area (Å²) in [5.41, 5.74) is 2.45. The van der Waals surface area contributed by atoms with E-state index >= 15 is 0 Å². The van der Waals surface area contributed by atoms with E-state index in [9.17, 15) is 5.11 Å². The van der Waals surface area contributed by atoms with Crippen LogP contribution in [0.5, 0.6) is 0 Å². The molecular weight excluding hydrogens is 384 g/mol. The third-order valence-corrected chi connectivity index (χ3v) is 5.32. The highest BCUT2D eigenvalue weighted by Crippen LogP contribution is 2.27. The Hall–Kier alpha value is -2.21. The molecule has 0 spiro atoms. The summed E-state index contributed by atoms with van der Waals surface area (Å²) in [4.78, 5) is 0.914. The Kier molecular flexibility index (Phi) is 6.04. The number of thiophene rings is 1. The van der Waals surface area contributed by atoms with Crippen molar-refractivity contribution in [2.45, 2.75) is 13.3 Å². The van der Waals surface area contributed by atoms with Crippen molar-refractivity contribution in [3.05, 3.63) is 81.8 Å². The van der Waals surface area contributed by atoms with E-state index in [-0.39, 0.29) is 5.76 Å². The van der Waals surface area contributed by atoms with E-state index in [4.69, 9.17) is 23.8 Å². The molecule has 0 unspecified atom stereocenters. The molecule has 0 radical (unpaired) electrons. The van der Waals surface area contributed by atoms with Crippen LogP contribution in [0.2, 0.25) is 4.34 Å². The average molecular weight is 401 g/mol. The normalized spacial score (nSPS) is 11.8. The summed E-state index contributed by atoms with van der Waals surface area (Å²) in [5.74, 6) is -0.165. The number of rotatable bonds is 5. The van der Waals surface area contributed by atoms with Crippen molar-refractivity contribution < 1.29 is 9.67 Å². The van der Waals surface area contributed by atoms with Crippen LogP contribution in [0.3, 0.4) is 0 Å². The number of hydrogen-bond donors (Lipinski definition) is 1. The lowest BCUT2D eigenvalue weighted by Gasteiger charge is -2.15. The van der Waals surface area contributed by atoms with E-state index in [1.165, 1.54) is 16.9 Å². The van der Waals surface area contributed by atoms with E-state index in [0.717, 1.165) is 12.1 Å². The maximum atomic E-state index is 13.1. The van der Waals surface area contributed by atoms with E-state index in [1.54, 1.807) is 29.1 Å². The number of aryl methyl sites for hydroxylation is 1. The summed E-state index contributed by atoms with van der Waals surface area (Å²) < 4.78 is 2.30. The average Bonchev–Trinajstić information content (AvgIpc) is 3.09. The fourth-order valence-corrected chi connectivity index (χ4v) is 3.80. The predicted octanol–water partition coefficient (Wildman–Crippen LogP) is 4.38. The van der Waals surface area contributed by atoms with Gasteiger partial charge in [0, 0.05) is 22.7 Å². The van der Waals surface area contributed by atoms with Crippen LogP contribution in [0.1, 0.15) is 17.4 Å². The molecule has 1 N–H and O–H groups in total. The van der Waals surface area contributed by atoms with Gasteiger partial charge in [0.15, 0.2) is 17.4 Å². The molecule has 26 heavy (non-hydrogen) atoms. The SMILES string of the molecule is CCc1cccc(NC(=S)C(=C([O-])c2ccc(Cl)s2)[n+]2ccccc2)c1. The lowest BCUT2D eigenvalue weighted by Crippen LogP contribution is -2.39. The molecular formula is C20H17ClN2OS2. The number of aromatic nitrogens is 1. The van der Waals surface area contributed by atoms with Crippen LogP contribution >= 0.6 is 35.2 Å². The number of benzene rings is 1. The first kappa shape index (κ1) is 18.6. The fourth-order valence-electron chi connectivity index (χ4n) is 2.50. The number of anilines is 1. The number of nitrogens with zero attached hydrogens (tertiary/aromatic N) is 1. The molecule has 0 saturated heterocycles. The largest absolute Gasteiger partial charge is 0.867 e. The lowest BCUT2D eigenvalue weighted by atomic mass is 10.1. The maximum absolute atomic E-state index is 13.1. The number of nitrogens with one attached hydrogen (secondary N) is 1. The van der Waals surface area contributed by atoms with Gasteiger partial charge in [-0.2, -0.15) is 4.57 Å². The summed E-state index contributed by atoms with van der Waals surface area (Å²) in [6, 6.07) is 17.0. The van der Waals surface area contributed by atoms with Crippen molar-refractivity contribution in [3.8, 4) is 0 Å². The molecule has 0 saturated carbocycles. The topological polar surface area (TPSA) is 39.0 Å². The number of pyridine rings is 1. The highest BCUT2D eigenvalue weighted by Gasteiger charge is 2.19. The quantitative estimate of drug-likeness (QED) is 0.299. The molecule has 3 aromatic rings. The Labute approximate surface area is 167 Å². The minimum absolute atomic E-state index is 0.165. The van der Waals surface area contributed by atoms with Crippen molar-refractivity contribution in [3.63, 3.8) is 0 Å². The molecule has 0 atom stereocenters. The first-order valence-electron chi connectivity index (χ1n) is 8.12. The molecule has 0 amide bonds. The summed E-state index contributed by atoms with van der Waals surface area (Å²) in [6.07, 6.45) is 4.54. The van der Waals surface area contributed by atoms with Crippen molar-refractivity contribution in [1.29, 1.82) is 0 Å². The minimum atomic E-state index is -0.165. The summed E-state index contributed by atoms with van der Waals surface area (Å²) in [6.45, 7) is 2.10. The second-order valence-corrected chi connectivity index (χ2v) is 7.70. The lowest BCUT2D eigenvalue weighted by molar-refractivity contribution is -0.577. The molecule has 2 aromatic heterocycles. The molecule has 1 aromatic carbocycles. The molecule has 0 bridgehead atoms. The molecule has 132 valence electrons. The smallest absolute Gasteiger partial charge is 0.239 e. The van der Waals surface area contributed by atoms with Crippen LogP contribution in [0.15, 0.2) is 67.0 Å². The van der Waals surface area contributed by atoms with E-state index < -0.39 is 0 Å². The van der Waals surface area contributed by atoms with Crippen LogP contribution in [-0.2, 0) is 6.42 Å². The zero-order valence-corrected chi connectivity index (χ0v) is 16.5. The van der Waals surface area contributed by atoms with E-state index in [0.29, 0.717) is 19.9 Å². The van der Waals surface area contributed by atoms with Crippen LogP contribution in [-0.4, -0.2) is 4.99 Å². The molecule has 0 aliphatic heterocycles. The zero-order chi connectivity index (χ0) is 18.5. The molecule has 2 heterocycles. The Morgan fingerprint density at radius 1 is 1.15 bits per heavy atom. The van der Waals surface area contributed by atoms with Gasteiger partial charge in [0.1, 0.15) is 0 Å². The highest BCUT2D eigenvalue weighted by molar-refractivity contribution is 7.81. The van der Waals surface area contributed by atoms with Gasteiger partial charge in [0.2, 0.25) is 5.70 Å². The second-order valence-electron chi connectivity index (χ2n) is 5.57. The molecule has 3 nitrogen and oxygen atoms in total. The van der Waals surface area contributed by atoms with Crippen LogP contribution in [0.4, 0.5) is 5.69 Å². The summed E-state index contributed by atoms with van der Waals surface area (Å²) in [5, 5.41) is 16.3. The Bertz CT molecular complexity index is 951. The third-order valence-electron chi connectivity index (χ3n) is 3.79. The van der Waals surface area contributed by atoms with Crippen molar-refractivity contribution in [1.82, 2.24) is 0 Å². The highest BCUT2D eigenvalue weighted by atomic mass is 35.5. The number of hydrogen-bond acceptors (Lipinski definition) is 3. The van der Waals surface area contributed by atoms with Gasteiger partial charge in [-0.25, -0.2) is 0 Å². The maximum Gasteiger partial charge on any atom is 0.239 e. The van der Waals surface area contributed by atoms with Crippen molar-refractivity contribution in [2.75, 3.05) is 5.32 Å². The van der Waals surface area contributed by atoms with Gasteiger partial charge in [-0.3, -0.25) is 0 Å². The number of thiocarbonyl (C=S) groups is 1. The van der Waals surface area contributed by atoms with Crippen LogP contribution < -0.4 is 15.0 Å². The van der Waals surface area contributed by atoms with Crippen LogP contribution in [0, 0.1) is 0 Å². The van der Waals surface area contributed by atoms with Gasteiger partial charge in [0.05, 0.1) is 4.34 Å². The first-order valence-corrected chi connectivity index (χ1v) is 9.72. The Morgan fingerprint density at radius 3 is 2.58 bits per heavy atom. The summed E-state index contributed by atoms with van der Waals surface area (Å²) in [7, 11) is 0. The molecule has 3 rings (SSSR count). The Balaban J connectivity index is 2.01. The van der Waals surface area contributed by atoms with Gasteiger partial charge >= 0.3 is 0 Å². The standard InChI is InChI=1S/C20H17ClN2OS2/c1-2-14-7-6-8-15(13-14)22-20(25)18(23-11-4-3-5-12-23)19(24)16-9-10-17(21)26-16/h3-13H,2H2,1H3,(H-,22,24,25). The van der Waals surface area contributed by atoms with Crippen molar-refractivity contribution >= 4 is 57.3 Å². The van der Waals surface area contributed by atoms with E-state index in [1.807, 2.05) is 36.4 Å². The Morgan fingerprint density at radius 2 is 1.92 bits per heavy atom. The minimum Gasteiger partial charge on any atom is -0.867 e. The van der Waals surface area contributed by atoms with Gasteiger partial charge in [-0.15, -0.1) is 11.3 Å². The van der Waals surface area contributed by atoms with Gasteiger partial charge in [-0.1, -0.05) is 48.9 Å². The zero-order valence-electron chi connectivity index (χ0n) is 14.1. The molecule has 0 aliphatic carbocycles. The monoisotopic (exact) mass is 400 g/mol. The fraction of sp³-hybridized carbons (Fsp3) is 0.100. The second kappa shape index (κ2) is 8.45. The van der Waals surface area contributed by atoms with Gasteiger partial charge in [0.25, 0.3) is 0 Å². The van der Waals surface area contributed by atoms with Gasteiger partial charge in [-0.05, 0) is 42.0 Å². The third kappa shape index (κ3) is 4.30. The number of halogens is 1. The predicted molar refractivity (Wildman–Crippen MR) is 111 cm³/mol. The summed E-state index contributed by atoms with van der Waals surface area (Å²) >= 11 is 12.8. The van der Waals surface area contributed by atoms with Gasteiger partial charge < -0.3 is 10.4 Å². The van der Waals surface area contributed by atoms with E-state index in [2.05, 4.69) is 18.3 Å². The van der Waals surface area contributed by atoms with Crippen molar-refractivity contribution in [2.24, 2.45) is 0 Å². The molecule has 0 fully saturated rings. The van der Waals surface area contributed by atoms with Crippen LogP contribution in [0.25, 0.3) is 11.5 Å². The molecule has 0 aliphatic rings. The first-order chi connectivity index (χ1) is 12.6. The molecule has 6 heteroatoms.